The van der Waals surface area contributed by atoms with E-state index in [9.17, 15) is 18.0 Å². The minimum absolute atomic E-state index is 0.0367. The Balaban J connectivity index is 2.07. The zero-order valence-electron chi connectivity index (χ0n) is 23.6. The predicted molar refractivity (Wildman–Crippen MR) is 168 cm³/mol. The first kappa shape index (κ1) is 33.5. The van der Waals surface area contributed by atoms with Crippen LogP contribution in [0.25, 0.3) is 0 Å². The Bertz CT molecular complexity index is 1470. The van der Waals surface area contributed by atoms with Crippen molar-refractivity contribution in [3.05, 3.63) is 87.4 Å². The summed E-state index contributed by atoms with van der Waals surface area (Å²) in [6, 6.07) is 16.1. The van der Waals surface area contributed by atoms with Crippen LogP contribution in [-0.4, -0.2) is 50.9 Å². The fourth-order valence-corrected chi connectivity index (χ4v) is 6.27. The summed E-state index contributed by atoms with van der Waals surface area (Å²) in [5.41, 5.74) is 0.805. The minimum Gasteiger partial charge on any atom is -0.494 e. The van der Waals surface area contributed by atoms with E-state index in [0.717, 1.165) is 4.31 Å². The lowest BCUT2D eigenvalue weighted by Crippen LogP contribution is -2.52. The van der Waals surface area contributed by atoms with E-state index in [1.807, 2.05) is 13.8 Å². The Labute approximate surface area is 262 Å². The molecule has 0 fully saturated rings. The van der Waals surface area contributed by atoms with Gasteiger partial charge in [0, 0.05) is 28.2 Å². The first-order chi connectivity index (χ1) is 20.0. The molecule has 12 heteroatoms. The van der Waals surface area contributed by atoms with Crippen LogP contribution in [-0.2, 0) is 26.2 Å². The van der Waals surface area contributed by atoms with Crippen molar-refractivity contribution in [2.24, 2.45) is 0 Å². The summed E-state index contributed by atoms with van der Waals surface area (Å²) in [6.45, 7) is 5.80. The monoisotopic (exact) mass is 653 g/mol. The van der Waals surface area contributed by atoms with Crippen LogP contribution in [0.1, 0.15) is 39.2 Å². The van der Waals surface area contributed by atoms with E-state index in [1.165, 1.54) is 29.2 Å². The quantitative estimate of drug-likeness (QED) is 0.212. The highest BCUT2D eigenvalue weighted by molar-refractivity contribution is 7.92. The highest BCUT2D eigenvalue weighted by atomic mass is 35.5. The molecule has 8 nitrogen and oxygen atoms in total. The molecule has 1 atom stereocenters. The van der Waals surface area contributed by atoms with Gasteiger partial charge in [0.25, 0.3) is 10.0 Å². The molecule has 0 saturated heterocycles. The second kappa shape index (κ2) is 15.5. The molecule has 0 aliphatic carbocycles. The molecule has 0 heterocycles. The molecule has 0 aromatic heterocycles. The maximum Gasteiger partial charge on any atom is 0.264 e. The van der Waals surface area contributed by atoms with Gasteiger partial charge in [-0.25, -0.2) is 8.42 Å². The summed E-state index contributed by atoms with van der Waals surface area (Å²) in [6.07, 6.45) is 1.00. The molecule has 1 unspecified atom stereocenters. The molecule has 0 spiro atoms. The van der Waals surface area contributed by atoms with Crippen molar-refractivity contribution in [2.45, 2.75) is 51.1 Å². The van der Waals surface area contributed by atoms with Gasteiger partial charge in [-0.05, 0) is 86.0 Å². The van der Waals surface area contributed by atoms with Crippen LogP contribution in [0.5, 0.6) is 5.75 Å². The second-order valence-corrected chi connectivity index (χ2v) is 12.5. The normalized spacial score (nSPS) is 12.0. The lowest BCUT2D eigenvalue weighted by Gasteiger charge is -2.33. The number of hydrogen-bond acceptors (Lipinski definition) is 5. The first-order valence-electron chi connectivity index (χ1n) is 13.5. The number of hydrogen-bond donors (Lipinski definition) is 1. The Morgan fingerprint density at radius 2 is 1.55 bits per heavy atom. The maximum absolute atomic E-state index is 14.1. The maximum atomic E-state index is 14.1. The van der Waals surface area contributed by atoms with E-state index in [1.54, 1.807) is 49.4 Å². The molecule has 3 aromatic rings. The Morgan fingerprint density at radius 3 is 2.12 bits per heavy atom. The van der Waals surface area contributed by atoms with Crippen molar-refractivity contribution in [3.63, 3.8) is 0 Å². The first-order valence-corrected chi connectivity index (χ1v) is 16.1. The number of rotatable bonds is 14. The lowest BCUT2D eigenvalue weighted by atomic mass is 10.1. The van der Waals surface area contributed by atoms with Crippen LogP contribution < -0.4 is 14.4 Å². The molecular weight excluding hydrogens is 621 g/mol. The van der Waals surface area contributed by atoms with Gasteiger partial charge in [0.1, 0.15) is 18.3 Å². The SMILES string of the molecule is CCCNC(=O)C(CC)N(Cc1ccc(Cl)cc1Cl)C(=O)CN(c1ccc(OCC)cc1)S(=O)(=O)c1ccc(Cl)cc1. The third kappa shape index (κ3) is 8.53. The summed E-state index contributed by atoms with van der Waals surface area (Å²) in [4.78, 5) is 28.6. The molecule has 0 radical (unpaired) electrons. The number of ether oxygens (including phenoxy) is 1. The fourth-order valence-electron chi connectivity index (χ4n) is 4.26. The highest BCUT2D eigenvalue weighted by Crippen LogP contribution is 2.28. The van der Waals surface area contributed by atoms with E-state index >= 15 is 0 Å². The number of sulfonamides is 1. The number of carbonyl (C=O) groups is 2. The Hall–Kier alpha value is -2.98. The van der Waals surface area contributed by atoms with Gasteiger partial charge < -0.3 is 15.0 Å². The number of nitrogens with zero attached hydrogens (tertiary/aromatic N) is 2. The van der Waals surface area contributed by atoms with Gasteiger partial charge in [-0.15, -0.1) is 0 Å². The van der Waals surface area contributed by atoms with Crippen LogP contribution in [0.2, 0.25) is 15.1 Å². The molecule has 1 N–H and O–H groups in total. The van der Waals surface area contributed by atoms with Gasteiger partial charge in [0.05, 0.1) is 17.2 Å². The molecule has 3 aromatic carbocycles. The average molecular weight is 655 g/mol. The van der Waals surface area contributed by atoms with Crippen molar-refractivity contribution >= 4 is 62.3 Å². The highest BCUT2D eigenvalue weighted by Gasteiger charge is 2.34. The van der Waals surface area contributed by atoms with Gasteiger partial charge >= 0.3 is 0 Å². The van der Waals surface area contributed by atoms with E-state index < -0.39 is 28.5 Å². The zero-order valence-corrected chi connectivity index (χ0v) is 26.7. The topological polar surface area (TPSA) is 96.0 Å². The summed E-state index contributed by atoms with van der Waals surface area (Å²) >= 11 is 18.5. The van der Waals surface area contributed by atoms with Crippen molar-refractivity contribution in [1.29, 1.82) is 0 Å². The summed E-state index contributed by atoms with van der Waals surface area (Å²) in [5.74, 6) is -0.383. The molecule has 0 aliphatic rings. The smallest absolute Gasteiger partial charge is 0.264 e. The number of halogens is 3. The number of anilines is 1. The van der Waals surface area contributed by atoms with Crippen LogP contribution in [0.4, 0.5) is 5.69 Å². The van der Waals surface area contributed by atoms with E-state index in [2.05, 4.69) is 5.32 Å². The number of benzene rings is 3. The van der Waals surface area contributed by atoms with Gasteiger partial charge in [-0.1, -0.05) is 54.7 Å². The average Bonchev–Trinajstić information content (AvgIpc) is 2.96. The van der Waals surface area contributed by atoms with Crippen molar-refractivity contribution in [1.82, 2.24) is 10.2 Å². The molecule has 0 saturated carbocycles. The van der Waals surface area contributed by atoms with Gasteiger partial charge in [0.15, 0.2) is 0 Å². The van der Waals surface area contributed by atoms with Crippen molar-refractivity contribution in [2.75, 3.05) is 24.0 Å². The molecule has 42 heavy (non-hydrogen) atoms. The van der Waals surface area contributed by atoms with Crippen LogP contribution in [0, 0.1) is 0 Å². The molecular formula is C30H34Cl3N3O5S. The van der Waals surface area contributed by atoms with Gasteiger partial charge in [0.2, 0.25) is 11.8 Å². The number of nitrogens with one attached hydrogen (secondary N) is 1. The second-order valence-electron chi connectivity index (χ2n) is 9.36. The number of carbonyl (C=O) groups excluding carboxylic acids is 2. The standard InChI is InChI=1S/C30H34Cl3N3O5S/c1-4-17-34-30(38)28(5-2)35(19-21-7-8-23(32)18-27(21)33)29(37)20-36(24-11-13-25(14-12-24)41-6-3)42(39,40)26-15-9-22(31)10-16-26/h7-16,18,28H,4-6,17,19-20H2,1-3H3,(H,34,38). The van der Waals surface area contributed by atoms with Gasteiger partial charge in [-0.3, -0.25) is 13.9 Å². The lowest BCUT2D eigenvalue weighted by molar-refractivity contribution is -0.140. The van der Waals surface area contributed by atoms with E-state index in [4.69, 9.17) is 39.5 Å². The largest absolute Gasteiger partial charge is 0.494 e. The Kier molecular flexibility index (Phi) is 12.4. The van der Waals surface area contributed by atoms with Gasteiger partial charge in [-0.2, -0.15) is 0 Å². The van der Waals surface area contributed by atoms with Crippen LogP contribution >= 0.6 is 34.8 Å². The predicted octanol–water partition coefficient (Wildman–Crippen LogP) is 6.57. The zero-order chi connectivity index (χ0) is 30.9. The molecule has 2 amide bonds. The minimum atomic E-state index is -4.24. The molecule has 3 rings (SSSR count). The van der Waals surface area contributed by atoms with E-state index in [-0.39, 0.29) is 23.0 Å². The molecule has 226 valence electrons. The van der Waals surface area contributed by atoms with E-state index in [0.29, 0.717) is 52.4 Å². The number of amides is 2. The third-order valence-electron chi connectivity index (χ3n) is 6.41. The third-order valence-corrected chi connectivity index (χ3v) is 9.03. The summed E-state index contributed by atoms with van der Waals surface area (Å²) in [5, 5.41) is 3.96. The molecule has 0 aliphatic heterocycles. The molecule has 0 bridgehead atoms. The van der Waals surface area contributed by atoms with Crippen molar-refractivity contribution in [3.8, 4) is 5.75 Å². The summed E-state index contributed by atoms with van der Waals surface area (Å²) < 4.78 is 34.4. The van der Waals surface area contributed by atoms with Crippen LogP contribution in [0.3, 0.4) is 0 Å². The Morgan fingerprint density at radius 1 is 0.905 bits per heavy atom. The van der Waals surface area contributed by atoms with Crippen molar-refractivity contribution < 1.29 is 22.7 Å². The summed E-state index contributed by atoms with van der Waals surface area (Å²) in [7, 11) is -4.24. The fraction of sp³-hybridized carbons (Fsp3) is 0.333. The van der Waals surface area contributed by atoms with Crippen LogP contribution in [0.15, 0.2) is 71.6 Å².